The second-order valence-electron chi connectivity index (χ2n) is 5.10. The van der Waals surface area contributed by atoms with Gasteiger partial charge in [0.25, 0.3) is 0 Å². The fourth-order valence-electron chi connectivity index (χ4n) is 1.37. The summed E-state index contributed by atoms with van der Waals surface area (Å²) >= 11 is 1.79. The molecular weight excluding hydrogens is 214 g/mol. The second-order valence-corrected chi connectivity index (χ2v) is 6.09. The van der Waals surface area contributed by atoms with Crippen molar-refractivity contribution in [3.8, 4) is 0 Å². The summed E-state index contributed by atoms with van der Waals surface area (Å²) < 4.78 is 0. The minimum Gasteiger partial charge on any atom is -0.402 e. The quantitative estimate of drug-likeness (QED) is 0.685. The molecule has 0 aliphatic heterocycles. The number of hydrogen-bond donors (Lipinski definition) is 1. The number of allylic oxidation sites excluding steroid dienone is 3. The molecular formula is C14H27NS. The molecule has 2 heteroatoms. The number of rotatable bonds is 7. The zero-order valence-electron chi connectivity index (χ0n) is 11.4. The second kappa shape index (κ2) is 8.74. The van der Waals surface area contributed by atoms with Gasteiger partial charge in [0.2, 0.25) is 0 Å². The lowest BCUT2D eigenvalue weighted by molar-refractivity contribution is 0.592. The van der Waals surface area contributed by atoms with E-state index in [4.69, 9.17) is 5.73 Å². The van der Waals surface area contributed by atoms with E-state index in [9.17, 15) is 0 Å². The van der Waals surface area contributed by atoms with Gasteiger partial charge in [0.1, 0.15) is 0 Å². The SMILES string of the molecule is C/C=C(/CCC(C)C)S/C=C(\N)CC(C)C. The third-order valence-electron chi connectivity index (χ3n) is 2.30. The highest BCUT2D eigenvalue weighted by molar-refractivity contribution is 8.05. The van der Waals surface area contributed by atoms with Gasteiger partial charge in [-0.15, -0.1) is 11.8 Å². The predicted octanol–water partition coefficient (Wildman–Crippen LogP) is 4.91. The van der Waals surface area contributed by atoms with Gasteiger partial charge in [-0.05, 0) is 48.3 Å². The van der Waals surface area contributed by atoms with E-state index >= 15 is 0 Å². The molecule has 0 aliphatic carbocycles. The first-order valence-electron chi connectivity index (χ1n) is 6.22. The van der Waals surface area contributed by atoms with Crippen LogP contribution in [0.15, 0.2) is 22.1 Å². The van der Waals surface area contributed by atoms with Crippen LogP contribution < -0.4 is 5.73 Å². The number of hydrogen-bond acceptors (Lipinski definition) is 2. The van der Waals surface area contributed by atoms with Crippen LogP contribution in [0.2, 0.25) is 0 Å². The van der Waals surface area contributed by atoms with Gasteiger partial charge in [-0.25, -0.2) is 0 Å². The van der Waals surface area contributed by atoms with Gasteiger partial charge in [0.15, 0.2) is 0 Å². The van der Waals surface area contributed by atoms with Crippen molar-refractivity contribution in [1.29, 1.82) is 0 Å². The molecule has 0 saturated carbocycles. The van der Waals surface area contributed by atoms with Crippen molar-refractivity contribution in [2.45, 2.75) is 53.9 Å². The van der Waals surface area contributed by atoms with Crippen LogP contribution in [0.5, 0.6) is 0 Å². The molecule has 0 unspecified atom stereocenters. The van der Waals surface area contributed by atoms with Crippen LogP contribution in [0.4, 0.5) is 0 Å². The highest BCUT2D eigenvalue weighted by Gasteiger charge is 2.01. The van der Waals surface area contributed by atoms with Crippen LogP contribution in [-0.4, -0.2) is 0 Å². The van der Waals surface area contributed by atoms with Crippen LogP contribution in [0.25, 0.3) is 0 Å². The standard InChI is InChI=1S/C14H27NS/c1-6-14(8-7-11(2)3)16-10-13(15)9-12(4)5/h6,10-12H,7-9,15H2,1-5H3/b13-10-,14-6-. The van der Waals surface area contributed by atoms with E-state index in [1.807, 2.05) is 0 Å². The number of nitrogens with two attached hydrogens (primary N) is 1. The lowest BCUT2D eigenvalue weighted by Crippen LogP contribution is -2.00. The summed E-state index contributed by atoms with van der Waals surface area (Å²) in [6.07, 6.45) is 5.62. The van der Waals surface area contributed by atoms with Gasteiger partial charge in [0.05, 0.1) is 0 Å². The lowest BCUT2D eigenvalue weighted by atomic mass is 10.1. The average molecular weight is 241 g/mol. The molecule has 0 aliphatic rings. The molecule has 0 atom stereocenters. The highest BCUT2D eigenvalue weighted by atomic mass is 32.2. The van der Waals surface area contributed by atoms with E-state index in [2.05, 4.69) is 46.1 Å². The van der Waals surface area contributed by atoms with Gasteiger partial charge in [-0.3, -0.25) is 0 Å². The molecule has 16 heavy (non-hydrogen) atoms. The van der Waals surface area contributed by atoms with Crippen molar-refractivity contribution in [2.24, 2.45) is 17.6 Å². The zero-order valence-corrected chi connectivity index (χ0v) is 12.2. The smallest absolute Gasteiger partial charge is 0.0150 e. The molecule has 0 saturated heterocycles. The van der Waals surface area contributed by atoms with E-state index < -0.39 is 0 Å². The Hall–Kier alpha value is -0.370. The Morgan fingerprint density at radius 2 is 1.81 bits per heavy atom. The molecule has 2 N–H and O–H groups in total. The number of thioether (sulfide) groups is 1. The zero-order chi connectivity index (χ0) is 12.6. The molecule has 0 spiro atoms. The Kier molecular flexibility index (Phi) is 8.54. The summed E-state index contributed by atoms with van der Waals surface area (Å²) in [7, 11) is 0. The largest absolute Gasteiger partial charge is 0.402 e. The Labute approximate surface area is 106 Å². The summed E-state index contributed by atoms with van der Waals surface area (Å²) in [6, 6.07) is 0. The summed E-state index contributed by atoms with van der Waals surface area (Å²) in [4.78, 5) is 1.43. The first-order valence-corrected chi connectivity index (χ1v) is 7.10. The molecule has 0 aromatic heterocycles. The van der Waals surface area contributed by atoms with Crippen LogP contribution in [0.3, 0.4) is 0 Å². The van der Waals surface area contributed by atoms with Crippen molar-refractivity contribution < 1.29 is 0 Å². The molecule has 0 fully saturated rings. The molecule has 94 valence electrons. The van der Waals surface area contributed by atoms with Crippen LogP contribution in [-0.2, 0) is 0 Å². The average Bonchev–Trinajstić information content (AvgIpc) is 2.16. The van der Waals surface area contributed by atoms with E-state index in [1.165, 1.54) is 17.7 Å². The molecule has 1 nitrogen and oxygen atoms in total. The van der Waals surface area contributed by atoms with Crippen molar-refractivity contribution in [3.05, 3.63) is 22.1 Å². The fraction of sp³-hybridized carbons (Fsp3) is 0.714. The monoisotopic (exact) mass is 241 g/mol. The van der Waals surface area contributed by atoms with Gasteiger partial charge >= 0.3 is 0 Å². The fourth-order valence-corrected chi connectivity index (χ4v) is 2.14. The molecule has 0 rings (SSSR count). The summed E-state index contributed by atoms with van der Waals surface area (Å²) in [5, 5.41) is 2.11. The summed E-state index contributed by atoms with van der Waals surface area (Å²) in [5.74, 6) is 1.41. The minimum absolute atomic E-state index is 0.640. The minimum atomic E-state index is 0.640. The maximum atomic E-state index is 5.95. The van der Waals surface area contributed by atoms with E-state index in [0.29, 0.717) is 5.92 Å². The van der Waals surface area contributed by atoms with Crippen molar-refractivity contribution >= 4 is 11.8 Å². The van der Waals surface area contributed by atoms with Crippen LogP contribution in [0.1, 0.15) is 53.9 Å². The van der Waals surface area contributed by atoms with Gasteiger partial charge in [0, 0.05) is 5.70 Å². The molecule has 0 bridgehead atoms. The third kappa shape index (κ3) is 8.90. The summed E-state index contributed by atoms with van der Waals surface area (Å²) in [6.45, 7) is 11.0. The topological polar surface area (TPSA) is 26.0 Å². The molecule has 0 heterocycles. The Bertz CT molecular complexity index is 239. The van der Waals surface area contributed by atoms with E-state index in [1.54, 1.807) is 11.8 Å². The normalized spacial score (nSPS) is 13.9. The molecule has 0 amide bonds. The first-order chi connectivity index (χ1) is 7.45. The van der Waals surface area contributed by atoms with Crippen LogP contribution >= 0.6 is 11.8 Å². The van der Waals surface area contributed by atoms with E-state index in [0.717, 1.165) is 18.0 Å². The highest BCUT2D eigenvalue weighted by Crippen LogP contribution is 2.25. The Morgan fingerprint density at radius 1 is 1.19 bits per heavy atom. The van der Waals surface area contributed by atoms with Gasteiger partial charge < -0.3 is 5.73 Å². The van der Waals surface area contributed by atoms with Gasteiger partial charge in [-0.1, -0.05) is 33.8 Å². The van der Waals surface area contributed by atoms with Crippen LogP contribution in [0, 0.1) is 11.8 Å². The molecule has 0 aromatic rings. The van der Waals surface area contributed by atoms with Crippen molar-refractivity contribution in [3.63, 3.8) is 0 Å². The molecule has 0 aromatic carbocycles. The molecule has 0 radical (unpaired) electrons. The van der Waals surface area contributed by atoms with Gasteiger partial charge in [-0.2, -0.15) is 0 Å². The maximum Gasteiger partial charge on any atom is 0.0150 e. The summed E-state index contributed by atoms with van der Waals surface area (Å²) in [5.41, 5.74) is 6.95. The third-order valence-corrected chi connectivity index (χ3v) is 3.46. The van der Waals surface area contributed by atoms with E-state index in [-0.39, 0.29) is 0 Å². The Morgan fingerprint density at radius 3 is 2.25 bits per heavy atom. The lowest BCUT2D eigenvalue weighted by Gasteiger charge is -2.08. The maximum absolute atomic E-state index is 5.95. The Balaban J connectivity index is 4.04. The predicted molar refractivity (Wildman–Crippen MR) is 77.1 cm³/mol. The van der Waals surface area contributed by atoms with Crippen molar-refractivity contribution in [1.82, 2.24) is 0 Å². The first kappa shape index (κ1) is 15.6. The van der Waals surface area contributed by atoms with Crippen molar-refractivity contribution in [2.75, 3.05) is 0 Å².